The third kappa shape index (κ3) is 3.09. The van der Waals surface area contributed by atoms with E-state index < -0.39 is 0 Å². The molecule has 2 bridgehead atoms. The maximum absolute atomic E-state index is 11.6. The first-order valence-electron chi connectivity index (χ1n) is 7.26. The maximum Gasteiger partial charge on any atom is 0.407 e. The number of carbonyl (C=O) groups is 1. The lowest BCUT2D eigenvalue weighted by molar-refractivity contribution is 0.136. The molecule has 1 aromatic rings. The van der Waals surface area contributed by atoms with Crippen LogP contribution in [-0.4, -0.2) is 12.6 Å². The molecule has 2 aliphatic rings. The molecular weight excluding hydrogens is 238 g/mol. The van der Waals surface area contributed by atoms with E-state index in [4.69, 9.17) is 4.74 Å². The molecule has 0 spiro atoms. The number of ether oxygens (including phenoxy) is 1. The fraction of sp³-hybridized carbons (Fsp3) is 0.562. The van der Waals surface area contributed by atoms with Crippen molar-refractivity contribution in [1.29, 1.82) is 0 Å². The molecule has 0 aromatic heterocycles. The number of rotatable bonds is 4. The van der Waals surface area contributed by atoms with Crippen molar-refractivity contribution in [2.45, 2.75) is 32.3 Å². The lowest BCUT2D eigenvalue weighted by atomic mass is 9.89. The van der Waals surface area contributed by atoms with Crippen LogP contribution >= 0.6 is 0 Å². The van der Waals surface area contributed by atoms with E-state index in [0.29, 0.717) is 12.5 Å². The van der Waals surface area contributed by atoms with Gasteiger partial charge in [-0.25, -0.2) is 4.79 Å². The van der Waals surface area contributed by atoms with Crippen molar-refractivity contribution in [1.82, 2.24) is 5.32 Å². The standard InChI is InChI=1S/C16H21NO2/c18-16(19-11-12-4-2-1-3-5-12)17-10-15-9-13-6-7-14(15)8-13/h1-5,13-15H,6-11H2,(H,17,18). The number of hydrogen-bond acceptors (Lipinski definition) is 2. The van der Waals surface area contributed by atoms with Gasteiger partial charge in [0.1, 0.15) is 6.61 Å². The molecule has 102 valence electrons. The summed E-state index contributed by atoms with van der Waals surface area (Å²) in [7, 11) is 0. The van der Waals surface area contributed by atoms with Crippen molar-refractivity contribution in [2.24, 2.45) is 17.8 Å². The summed E-state index contributed by atoms with van der Waals surface area (Å²) in [6.45, 7) is 1.14. The van der Waals surface area contributed by atoms with E-state index in [9.17, 15) is 4.79 Å². The average Bonchev–Trinajstić information content (AvgIpc) is 3.06. The number of nitrogens with one attached hydrogen (secondary N) is 1. The largest absolute Gasteiger partial charge is 0.445 e. The van der Waals surface area contributed by atoms with Gasteiger partial charge in [-0.3, -0.25) is 0 Å². The molecule has 19 heavy (non-hydrogen) atoms. The Kier molecular flexibility index (Phi) is 3.72. The third-order valence-corrected chi connectivity index (χ3v) is 4.61. The van der Waals surface area contributed by atoms with Crippen LogP contribution in [0.4, 0.5) is 4.79 Å². The molecule has 3 nitrogen and oxygen atoms in total. The Balaban J connectivity index is 1.38. The zero-order valence-corrected chi connectivity index (χ0v) is 11.2. The van der Waals surface area contributed by atoms with E-state index in [1.807, 2.05) is 30.3 Å². The van der Waals surface area contributed by atoms with Crippen molar-refractivity contribution in [2.75, 3.05) is 6.54 Å². The number of benzene rings is 1. The molecule has 0 heterocycles. The van der Waals surface area contributed by atoms with E-state index in [2.05, 4.69) is 5.32 Å². The Morgan fingerprint density at radius 2 is 2.05 bits per heavy atom. The van der Waals surface area contributed by atoms with Crippen LogP contribution in [0, 0.1) is 17.8 Å². The van der Waals surface area contributed by atoms with Crippen molar-refractivity contribution >= 4 is 6.09 Å². The van der Waals surface area contributed by atoms with Gasteiger partial charge in [0, 0.05) is 6.54 Å². The molecule has 2 fully saturated rings. The van der Waals surface area contributed by atoms with Crippen molar-refractivity contribution in [3.05, 3.63) is 35.9 Å². The van der Waals surface area contributed by atoms with Crippen LogP contribution in [0.15, 0.2) is 30.3 Å². The lowest BCUT2D eigenvalue weighted by Crippen LogP contribution is -2.31. The van der Waals surface area contributed by atoms with Gasteiger partial charge in [0.05, 0.1) is 0 Å². The molecule has 0 radical (unpaired) electrons. The first-order valence-corrected chi connectivity index (χ1v) is 7.26. The van der Waals surface area contributed by atoms with Gasteiger partial charge in [-0.1, -0.05) is 36.8 Å². The second kappa shape index (κ2) is 5.64. The predicted molar refractivity (Wildman–Crippen MR) is 73.6 cm³/mol. The van der Waals surface area contributed by atoms with E-state index in [-0.39, 0.29) is 6.09 Å². The number of hydrogen-bond donors (Lipinski definition) is 1. The molecule has 2 saturated carbocycles. The van der Waals surface area contributed by atoms with Crippen LogP contribution in [0.25, 0.3) is 0 Å². The molecule has 3 heteroatoms. The highest BCUT2D eigenvalue weighted by Crippen LogP contribution is 2.47. The van der Waals surface area contributed by atoms with Gasteiger partial charge < -0.3 is 10.1 Å². The maximum atomic E-state index is 11.6. The summed E-state index contributed by atoms with van der Waals surface area (Å²) in [6.07, 6.45) is 5.15. The molecule has 2 aliphatic carbocycles. The predicted octanol–water partition coefficient (Wildman–Crippen LogP) is 3.35. The van der Waals surface area contributed by atoms with Crippen molar-refractivity contribution in [3.63, 3.8) is 0 Å². The molecule has 1 N–H and O–H groups in total. The van der Waals surface area contributed by atoms with Crippen LogP contribution in [-0.2, 0) is 11.3 Å². The smallest absolute Gasteiger partial charge is 0.407 e. The van der Waals surface area contributed by atoms with E-state index >= 15 is 0 Å². The van der Waals surface area contributed by atoms with Crippen LogP contribution < -0.4 is 5.32 Å². The summed E-state index contributed by atoms with van der Waals surface area (Å²) >= 11 is 0. The SMILES string of the molecule is O=C(NCC1CC2CCC1C2)OCc1ccccc1. The second-order valence-electron chi connectivity index (χ2n) is 5.88. The molecule has 1 amide bonds. The van der Waals surface area contributed by atoms with Crippen LogP contribution in [0.2, 0.25) is 0 Å². The first kappa shape index (κ1) is 12.5. The van der Waals surface area contributed by atoms with Gasteiger partial charge in [-0.15, -0.1) is 0 Å². The van der Waals surface area contributed by atoms with Gasteiger partial charge in [-0.05, 0) is 42.6 Å². The van der Waals surface area contributed by atoms with E-state index in [0.717, 1.165) is 23.9 Å². The summed E-state index contributed by atoms with van der Waals surface area (Å²) in [6, 6.07) is 9.78. The normalized spacial score (nSPS) is 28.3. The molecular formula is C16H21NO2. The van der Waals surface area contributed by atoms with Crippen molar-refractivity contribution < 1.29 is 9.53 Å². The van der Waals surface area contributed by atoms with E-state index in [1.165, 1.54) is 25.7 Å². The minimum Gasteiger partial charge on any atom is -0.445 e. The molecule has 1 aromatic carbocycles. The van der Waals surface area contributed by atoms with Gasteiger partial charge in [0.2, 0.25) is 0 Å². The molecule has 3 rings (SSSR count). The van der Waals surface area contributed by atoms with Gasteiger partial charge >= 0.3 is 6.09 Å². The molecule has 3 unspecified atom stereocenters. The van der Waals surface area contributed by atoms with Crippen LogP contribution in [0.1, 0.15) is 31.2 Å². The summed E-state index contributed by atoms with van der Waals surface area (Å²) in [5.74, 6) is 2.46. The number of carbonyl (C=O) groups excluding carboxylic acids is 1. The second-order valence-corrected chi connectivity index (χ2v) is 5.88. The number of amides is 1. The zero-order chi connectivity index (χ0) is 13.1. The average molecular weight is 259 g/mol. The highest BCUT2D eigenvalue weighted by Gasteiger charge is 2.39. The fourth-order valence-electron chi connectivity index (χ4n) is 3.62. The Labute approximate surface area is 114 Å². The lowest BCUT2D eigenvalue weighted by Gasteiger charge is -2.21. The van der Waals surface area contributed by atoms with Gasteiger partial charge in [0.15, 0.2) is 0 Å². The van der Waals surface area contributed by atoms with E-state index in [1.54, 1.807) is 0 Å². The Morgan fingerprint density at radius 1 is 1.21 bits per heavy atom. The zero-order valence-electron chi connectivity index (χ0n) is 11.2. The van der Waals surface area contributed by atoms with Crippen LogP contribution in [0.5, 0.6) is 0 Å². The van der Waals surface area contributed by atoms with Gasteiger partial charge in [-0.2, -0.15) is 0 Å². The minimum absolute atomic E-state index is 0.286. The van der Waals surface area contributed by atoms with Crippen molar-refractivity contribution in [3.8, 4) is 0 Å². The summed E-state index contributed by atoms with van der Waals surface area (Å²) in [5.41, 5.74) is 1.03. The topological polar surface area (TPSA) is 38.3 Å². The van der Waals surface area contributed by atoms with Crippen LogP contribution in [0.3, 0.4) is 0 Å². The quantitative estimate of drug-likeness (QED) is 0.900. The summed E-state index contributed by atoms with van der Waals surface area (Å²) in [4.78, 5) is 11.6. The monoisotopic (exact) mass is 259 g/mol. The molecule has 3 atom stereocenters. The Morgan fingerprint density at radius 3 is 2.74 bits per heavy atom. The fourth-order valence-corrected chi connectivity index (χ4v) is 3.62. The Hall–Kier alpha value is -1.51. The third-order valence-electron chi connectivity index (χ3n) is 4.61. The Bertz CT molecular complexity index is 432. The van der Waals surface area contributed by atoms with Gasteiger partial charge in [0.25, 0.3) is 0 Å². The molecule has 0 aliphatic heterocycles. The highest BCUT2D eigenvalue weighted by molar-refractivity contribution is 5.67. The first-order chi connectivity index (χ1) is 9.31. The summed E-state index contributed by atoms with van der Waals surface area (Å²) < 4.78 is 5.22. The summed E-state index contributed by atoms with van der Waals surface area (Å²) in [5, 5.41) is 2.92. The molecule has 0 saturated heterocycles. The number of alkyl carbamates (subject to hydrolysis) is 1. The minimum atomic E-state index is -0.286. The highest BCUT2D eigenvalue weighted by atomic mass is 16.5. The number of fused-ring (bicyclic) bond motifs is 2.